The summed E-state index contributed by atoms with van der Waals surface area (Å²) < 4.78 is 36.8. The van der Waals surface area contributed by atoms with Crippen LogP contribution in [-0.2, 0) is 9.59 Å². The first-order valence-electron chi connectivity index (χ1n) is 6.13. The Balaban J connectivity index is 2.66. The van der Waals surface area contributed by atoms with Gasteiger partial charge in [0.2, 0.25) is 11.8 Å². The molecule has 114 valence electrons. The SMILES string of the molecule is C=CCN(CCO)C(=O)C1CC(=O)N(CC(F)(F)F)C1. The number of halogens is 3. The molecule has 0 aromatic carbocycles. The summed E-state index contributed by atoms with van der Waals surface area (Å²) in [5, 5.41) is 8.86. The number of hydrogen-bond acceptors (Lipinski definition) is 3. The Labute approximate surface area is 114 Å². The summed E-state index contributed by atoms with van der Waals surface area (Å²) in [4.78, 5) is 25.5. The highest BCUT2D eigenvalue weighted by molar-refractivity contribution is 5.89. The maximum absolute atomic E-state index is 12.3. The molecule has 1 atom stereocenters. The van der Waals surface area contributed by atoms with E-state index in [1.54, 1.807) is 0 Å². The van der Waals surface area contributed by atoms with Crippen molar-refractivity contribution < 1.29 is 27.9 Å². The first kappa shape index (κ1) is 16.5. The molecule has 1 aliphatic heterocycles. The largest absolute Gasteiger partial charge is 0.406 e. The molecule has 2 amide bonds. The first-order valence-corrected chi connectivity index (χ1v) is 6.13. The summed E-state index contributed by atoms with van der Waals surface area (Å²) in [5.74, 6) is -1.91. The van der Waals surface area contributed by atoms with E-state index in [9.17, 15) is 22.8 Å². The van der Waals surface area contributed by atoms with Crippen molar-refractivity contribution in [1.82, 2.24) is 9.80 Å². The third-order valence-corrected chi connectivity index (χ3v) is 2.96. The molecule has 0 aromatic heterocycles. The van der Waals surface area contributed by atoms with Gasteiger partial charge in [-0.2, -0.15) is 13.2 Å². The molecule has 8 heteroatoms. The average molecular weight is 294 g/mol. The number of likely N-dealkylation sites (tertiary alicyclic amines) is 1. The Kier molecular flexibility index (Phi) is 5.55. The Bertz CT molecular complexity index is 385. The third-order valence-electron chi connectivity index (χ3n) is 2.96. The molecule has 1 heterocycles. The van der Waals surface area contributed by atoms with E-state index in [1.165, 1.54) is 11.0 Å². The van der Waals surface area contributed by atoms with Gasteiger partial charge in [-0.15, -0.1) is 6.58 Å². The van der Waals surface area contributed by atoms with Gasteiger partial charge >= 0.3 is 6.18 Å². The molecule has 0 aromatic rings. The lowest BCUT2D eigenvalue weighted by Crippen LogP contribution is -2.40. The van der Waals surface area contributed by atoms with Crippen LogP contribution in [0.15, 0.2) is 12.7 Å². The van der Waals surface area contributed by atoms with Crippen LogP contribution in [0.25, 0.3) is 0 Å². The number of hydrogen-bond donors (Lipinski definition) is 1. The van der Waals surface area contributed by atoms with Gasteiger partial charge in [-0.1, -0.05) is 6.08 Å². The molecule has 1 fully saturated rings. The van der Waals surface area contributed by atoms with Crippen molar-refractivity contribution in [2.24, 2.45) is 5.92 Å². The summed E-state index contributed by atoms with van der Waals surface area (Å²) in [6.45, 7) is 1.88. The third kappa shape index (κ3) is 4.52. The van der Waals surface area contributed by atoms with Crippen molar-refractivity contribution in [2.45, 2.75) is 12.6 Å². The van der Waals surface area contributed by atoms with Crippen LogP contribution in [0.2, 0.25) is 0 Å². The Morgan fingerprint density at radius 2 is 2.20 bits per heavy atom. The van der Waals surface area contributed by atoms with Crippen molar-refractivity contribution in [1.29, 1.82) is 0 Å². The van der Waals surface area contributed by atoms with Crippen molar-refractivity contribution >= 4 is 11.8 Å². The molecular formula is C12H17F3N2O3. The topological polar surface area (TPSA) is 60.9 Å². The lowest BCUT2D eigenvalue weighted by Gasteiger charge is -2.23. The van der Waals surface area contributed by atoms with Crippen LogP contribution in [0, 0.1) is 5.92 Å². The fourth-order valence-corrected chi connectivity index (χ4v) is 2.13. The number of rotatable bonds is 6. The summed E-state index contributed by atoms with van der Waals surface area (Å²) in [6.07, 6.45) is -3.24. The smallest absolute Gasteiger partial charge is 0.395 e. The molecule has 5 nitrogen and oxygen atoms in total. The summed E-state index contributed by atoms with van der Waals surface area (Å²) in [7, 11) is 0. The van der Waals surface area contributed by atoms with E-state index in [4.69, 9.17) is 5.11 Å². The number of carbonyl (C=O) groups excluding carboxylic acids is 2. The van der Waals surface area contributed by atoms with Crippen molar-refractivity contribution in [3.05, 3.63) is 12.7 Å². The fourth-order valence-electron chi connectivity index (χ4n) is 2.13. The second-order valence-electron chi connectivity index (χ2n) is 4.59. The molecule has 1 rings (SSSR count). The van der Waals surface area contributed by atoms with Crippen molar-refractivity contribution in [3.63, 3.8) is 0 Å². The minimum atomic E-state index is -4.47. The van der Waals surface area contributed by atoms with Gasteiger partial charge in [0.1, 0.15) is 6.54 Å². The maximum atomic E-state index is 12.3. The van der Waals surface area contributed by atoms with Crippen LogP contribution in [0.5, 0.6) is 0 Å². The first-order chi connectivity index (χ1) is 9.28. The Morgan fingerprint density at radius 1 is 1.55 bits per heavy atom. The van der Waals surface area contributed by atoms with E-state index in [0.29, 0.717) is 4.90 Å². The maximum Gasteiger partial charge on any atom is 0.406 e. The quantitative estimate of drug-likeness (QED) is 0.722. The number of aliphatic hydroxyl groups is 1. The molecular weight excluding hydrogens is 277 g/mol. The van der Waals surface area contributed by atoms with E-state index < -0.39 is 30.5 Å². The number of amides is 2. The van der Waals surface area contributed by atoms with Crippen LogP contribution >= 0.6 is 0 Å². The minimum absolute atomic E-state index is 0.0643. The Morgan fingerprint density at radius 3 is 2.70 bits per heavy atom. The molecule has 1 saturated heterocycles. The molecule has 0 bridgehead atoms. The van der Waals surface area contributed by atoms with Gasteiger partial charge < -0.3 is 14.9 Å². The van der Waals surface area contributed by atoms with Gasteiger partial charge in [-0.3, -0.25) is 9.59 Å². The average Bonchev–Trinajstić information content (AvgIpc) is 2.67. The number of aliphatic hydroxyl groups excluding tert-OH is 1. The molecule has 1 aliphatic rings. The predicted octanol–water partition coefficient (Wildman–Crippen LogP) is 0.404. The molecule has 20 heavy (non-hydrogen) atoms. The highest BCUT2D eigenvalue weighted by atomic mass is 19.4. The van der Waals surface area contributed by atoms with Crippen molar-refractivity contribution in [2.75, 3.05) is 32.8 Å². The number of nitrogens with zero attached hydrogens (tertiary/aromatic N) is 2. The zero-order valence-corrected chi connectivity index (χ0v) is 10.9. The summed E-state index contributed by atoms with van der Waals surface area (Å²) in [5.41, 5.74) is 0. The lowest BCUT2D eigenvalue weighted by atomic mass is 10.1. The highest BCUT2D eigenvalue weighted by Gasteiger charge is 2.41. The Hall–Kier alpha value is -1.57. The van der Waals surface area contributed by atoms with E-state index in [-0.39, 0.29) is 32.7 Å². The predicted molar refractivity (Wildman–Crippen MR) is 64.6 cm³/mol. The van der Waals surface area contributed by atoms with Crippen LogP contribution in [0.3, 0.4) is 0 Å². The highest BCUT2D eigenvalue weighted by Crippen LogP contribution is 2.25. The normalized spacial score (nSPS) is 19.3. The fraction of sp³-hybridized carbons (Fsp3) is 0.667. The second-order valence-corrected chi connectivity index (χ2v) is 4.59. The molecule has 1 unspecified atom stereocenters. The molecule has 0 radical (unpaired) electrons. The summed E-state index contributed by atoms with van der Waals surface area (Å²) in [6, 6.07) is 0. The van der Waals surface area contributed by atoms with Crippen molar-refractivity contribution in [3.8, 4) is 0 Å². The van der Waals surface area contributed by atoms with E-state index in [2.05, 4.69) is 6.58 Å². The zero-order valence-electron chi connectivity index (χ0n) is 10.9. The molecule has 0 aliphatic carbocycles. The number of alkyl halides is 3. The summed E-state index contributed by atoms with van der Waals surface area (Å²) >= 11 is 0. The van der Waals surface area contributed by atoms with E-state index in [0.717, 1.165) is 0 Å². The van der Waals surface area contributed by atoms with Gasteiger partial charge in [-0.25, -0.2) is 0 Å². The minimum Gasteiger partial charge on any atom is -0.395 e. The van der Waals surface area contributed by atoms with Gasteiger partial charge in [0, 0.05) is 26.1 Å². The van der Waals surface area contributed by atoms with E-state index in [1.807, 2.05) is 0 Å². The number of carbonyl (C=O) groups is 2. The second kappa shape index (κ2) is 6.74. The van der Waals surface area contributed by atoms with Gasteiger partial charge in [0.15, 0.2) is 0 Å². The monoisotopic (exact) mass is 294 g/mol. The zero-order chi connectivity index (χ0) is 15.3. The van der Waals surface area contributed by atoms with Gasteiger partial charge in [-0.05, 0) is 0 Å². The van der Waals surface area contributed by atoms with E-state index >= 15 is 0 Å². The van der Waals surface area contributed by atoms with Gasteiger partial charge in [0.25, 0.3) is 0 Å². The van der Waals surface area contributed by atoms with Crippen LogP contribution < -0.4 is 0 Å². The van der Waals surface area contributed by atoms with Crippen LogP contribution in [0.4, 0.5) is 13.2 Å². The standard InChI is InChI=1S/C12H17F3N2O3/c1-2-3-16(4-5-18)11(20)9-6-10(19)17(7-9)8-12(13,14)15/h2,9,18H,1,3-8H2. The molecule has 0 saturated carbocycles. The van der Waals surface area contributed by atoms with Crippen LogP contribution in [-0.4, -0.2) is 65.7 Å². The molecule has 1 N–H and O–H groups in total. The lowest BCUT2D eigenvalue weighted by molar-refractivity contribution is -0.157. The van der Waals surface area contributed by atoms with Gasteiger partial charge in [0.05, 0.1) is 12.5 Å². The van der Waals surface area contributed by atoms with Crippen LogP contribution in [0.1, 0.15) is 6.42 Å². The molecule has 0 spiro atoms.